The Labute approximate surface area is 164 Å². The van der Waals surface area contributed by atoms with Crippen LogP contribution in [0, 0.1) is 11.3 Å². The molecular formula is C20H14N6OS. The Morgan fingerprint density at radius 3 is 2.61 bits per heavy atom. The number of aromatic nitrogens is 5. The predicted octanol–water partition coefficient (Wildman–Crippen LogP) is 3.39. The summed E-state index contributed by atoms with van der Waals surface area (Å²) >= 11 is 1.41. The van der Waals surface area contributed by atoms with E-state index in [1.165, 1.54) is 17.8 Å². The van der Waals surface area contributed by atoms with Gasteiger partial charge in [0.05, 0.1) is 10.6 Å². The number of rotatable bonds is 5. The van der Waals surface area contributed by atoms with Crippen LogP contribution in [0.1, 0.15) is 11.1 Å². The van der Waals surface area contributed by atoms with Crippen LogP contribution >= 0.6 is 11.8 Å². The maximum absolute atomic E-state index is 12.2. The molecule has 2 heterocycles. The van der Waals surface area contributed by atoms with Crippen LogP contribution < -0.4 is 5.56 Å². The first-order chi connectivity index (χ1) is 13.7. The maximum Gasteiger partial charge on any atom is 0.249 e. The van der Waals surface area contributed by atoms with Gasteiger partial charge in [-0.05, 0) is 22.4 Å². The van der Waals surface area contributed by atoms with Crippen molar-refractivity contribution in [1.29, 1.82) is 5.26 Å². The predicted molar refractivity (Wildman–Crippen MR) is 106 cm³/mol. The van der Waals surface area contributed by atoms with Crippen molar-refractivity contribution < 1.29 is 0 Å². The molecule has 0 amide bonds. The number of pyridine rings is 1. The second kappa shape index (κ2) is 7.90. The summed E-state index contributed by atoms with van der Waals surface area (Å²) in [5, 5.41) is 24.2. The van der Waals surface area contributed by atoms with Crippen LogP contribution in [0.4, 0.5) is 0 Å². The summed E-state index contributed by atoms with van der Waals surface area (Å²) in [6.07, 6.45) is 0. The van der Waals surface area contributed by atoms with Crippen molar-refractivity contribution in [3.63, 3.8) is 0 Å². The summed E-state index contributed by atoms with van der Waals surface area (Å²) in [4.78, 5) is 15.0. The minimum Gasteiger partial charge on any atom is -0.316 e. The van der Waals surface area contributed by atoms with E-state index in [-0.39, 0.29) is 5.56 Å². The van der Waals surface area contributed by atoms with E-state index >= 15 is 0 Å². The molecule has 0 saturated carbocycles. The minimum absolute atomic E-state index is 0.235. The number of nitriles is 1. The molecule has 0 bridgehead atoms. The van der Waals surface area contributed by atoms with E-state index in [4.69, 9.17) is 0 Å². The number of benzene rings is 2. The van der Waals surface area contributed by atoms with Gasteiger partial charge in [0.1, 0.15) is 6.07 Å². The van der Waals surface area contributed by atoms with Gasteiger partial charge in [-0.25, -0.2) is 0 Å². The van der Waals surface area contributed by atoms with Gasteiger partial charge < -0.3 is 4.98 Å². The summed E-state index contributed by atoms with van der Waals surface area (Å²) in [5.74, 6) is 1.10. The largest absolute Gasteiger partial charge is 0.316 e. The fourth-order valence-electron chi connectivity index (χ4n) is 2.84. The van der Waals surface area contributed by atoms with Crippen molar-refractivity contribution >= 4 is 11.8 Å². The monoisotopic (exact) mass is 386 g/mol. The molecule has 0 unspecified atom stereocenters. The molecule has 8 heteroatoms. The molecule has 0 spiro atoms. The highest BCUT2D eigenvalue weighted by molar-refractivity contribution is 7.98. The topological polar surface area (TPSA) is 111 Å². The molecular weight excluding hydrogens is 372 g/mol. The van der Waals surface area contributed by atoms with Gasteiger partial charge in [-0.1, -0.05) is 48.5 Å². The summed E-state index contributed by atoms with van der Waals surface area (Å²) in [6, 6.07) is 20.9. The van der Waals surface area contributed by atoms with Crippen LogP contribution in [0.2, 0.25) is 0 Å². The molecule has 0 fully saturated rings. The first-order valence-corrected chi connectivity index (χ1v) is 9.41. The van der Waals surface area contributed by atoms with Crippen molar-refractivity contribution in [3.8, 4) is 28.6 Å². The van der Waals surface area contributed by atoms with Gasteiger partial charge in [0.25, 0.3) is 0 Å². The minimum atomic E-state index is -0.235. The Kier molecular flexibility index (Phi) is 4.99. The molecule has 7 nitrogen and oxygen atoms in total. The van der Waals surface area contributed by atoms with Crippen molar-refractivity contribution in [2.75, 3.05) is 0 Å². The molecule has 0 aliphatic heterocycles. The van der Waals surface area contributed by atoms with Crippen LogP contribution in [0.5, 0.6) is 0 Å². The van der Waals surface area contributed by atoms with E-state index < -0.39 is 0 Å². The van der Waals surface area contributed by atoms with E-state index in [9.17, 15) is 10.1 Å². The van der Waals surface area contributed by atoms with Crippen molar-refractivity contribution in [2.45, 2.75) is 10.8 Å². The van der Waals surface area contributed by atoms with Crippen LogP contribution in [0.3, 0.4) is 0 Å². The van der Waals surface area contributed by atoms with E-state index in [1.807, 2.05) is 54.6 Å². The second-order valence-electron chi connectivity index (χ2n) is 5.95. The van der Waals surface area contributed by atoms with Crippen LogP contribution in [0.15, 0.2) is 70.5 Å². The average Bonchev–Trinajstić information content (AvgIpc) is 3.28. The highest BCUT2D eigenvalue weighted by Crippen LogP contribution is 2.30. The Bertz CT molecular complexity index is 1200. The van der Waals surface area contributed by atoms with Gasteiger partial charge >= 0.3 is 0 Å². The lowest BCUT2D eigenvalue weighted by Crippen LogP contribution is -2.08. The summed E-state index contributed by atoms with van der Waals surface area (Å²) in [7, 11) is 0. The van der Waals surface area contributed by atoms with Gasteiger partial charge in [-0.15, -0.1) is 22.0 Å². The highest BCUT2D eigenvalue weighted by atomic mass is 32.2. The number of thioether (sulfide) groups is 1. The molecule has 0 aliphatic rings. The fraction of sp³-hybridized carbons (Fsp3) is 0.0500. The van der Waals surface area contributed by atoms with Crippen LogP contribution in [0.25, 0.3) is 22.5 Å². The molecule has 0 atom stereocenters. The smallest absolute Gasteiger partial charge is 0.249 e. The molecule has 0 aliphatic carbocycles. The first kappa shape index (κ1) is 17.7. The standard InChI is InChI=1S/C20H14N6OS/c21-11-17-16(14-6-2-1-3-7-14)10-18(27)22-20(17)28-12-13-5-4-8-15(9-13)19-23-25-26-24-19/h1-10H,12H2,(H,22,27)(H,23,24,25,26). The third-order valence-corrected chi connectivity index (χ3v) is 5.19. The second-order valence-corrected chi connectivity index (χ2v) is 6.94. The lowest BCUT2D eigenvalue weighted by molar-refractivity contribution is 0.881. The quantitative estimate of drug-likeness (QED) is 0.509. The molecule has 0 saturated heterocycles. The molecule has 28 heavy (non-hydrogen) atoms. The third-order valence-electron chi connectivity index (χ3n) is 4.12. The lowest BCUT2D eigenvalue weighted by Gasteiger charge is -2.09. The fourth-order valence-corrected chi connectivity index (χ4v) is 3.80. The van der Waals surface area contributed by atoms with Crippen LogP contribution in [-0.2, 0) is 5.75 Å². The third kappa shape index (κ3) is 3.70. The van der Waals surface area contributed by atoms with Gasteiger partial charge in [0.2, 0.25) is 11.4 Å². The SMILES string of the molecule is N#Cc1c(-c2ccccc2)cc(=O)[nH]c1SCc1cccc(-c2nn[nH]n2)c1. The zero-order valence-electron chi connectivity index (χ0n) is 14.6. The zero-order chi connectivity index (χ0) is 19.3. The molecule has 4 rings (SSSR count). The van der Waals surface area contributed by atoms with Gasteiger partial charge in [-0.3, -0.25) is 4.79 Å². The van der Waals surface area contributed by atoms with Gasteiger partial charge in [0.15, 0.2) is 0 Å². The van der Waals surface area contributed by atoms with Gasteiger partial charge in [-0.2, -0.15) is 10.5 Å². The molecule has 0 radical (unpaired) electrons. The van der Waals surface area contributed by atoms with Crippen LogP contribution in [-0.4, -0.2) is 25.6 Å². The zero-order valence-corrected chi connectivity index (χ0v) is 15.4. The van der Waals surface area contributed by atoms with E-state index in [1.54, 1.807) is 0 Å². The van der Waals surface area contributed by atoms with Crippen molar-refractivity contribution in [2.24, 2.45) is 0 Å². The number of nitrogens with zero attached hydrogens (tertiary/aromatic N) is 4. The van der Waals surface area contributed by atoms with Crippen molar-refractivity contribution in [1.82, 2.24) is 25.6 Å². The molecule has 2 aromatic heterocycles. The maximum atomic E-state index is 12.2. The van der Waals surface area contributed by atoms with Crippen molar-refractivity contribution in [3.05, 3.63) is 82.1 Å². The number of aromatic amines is 2. The number of H-pyrrole nitrogens is 2. The number of tetrazole rings is 1. The summed E-state index contributed by atoms with van der Waals surface area (Å²) in [5.41, 5.74) is 3.56. The number of hydrogen-bond acceptors (Lipinski definition) is 6. The summed E-state index contributed by atoms with van der Waals surface area (Å²) < 4.78 is 0. The normalized spacial score (nSPS) is 10.5. The first-order valence-electron chi connectivity index (χ1n) is 8.43. The molecule has 2 N–H and O–H groups in total. The van der Waals surface area contributed by atoms with Gasteiger partial charge in [0, 0.05) is 22.9 Å². The van der Waals surface area contributed by atoms with E-state index in [0.29, 0.717) is 27.7 Å². The molecule has 2 aromatic carbocycles. The Morgan fingerprint density at radius 2 is 1.86 bits per heavy atom. The Hall–Kier alpha value is -3.70. The van der Waals surface area contributed by atoms with E-state index in [0.717, 1.165) is 16.7 Å². The Balaban J connectivity index is 1.64. The molecule has 4 aromatic rings. The summed E-state index contributed by atoms with van der Waals surface area (Å²) in [6.45, 7) is 0. The lowest BCUT2D eigenvalue weighted by atomic mass is 10.0. The molecule has 136 valence electrons. The van der Waals surface area contributed by atoms with E-state index in [2.05, 4.69) is 31.7 Å². The number of nitrogens with one attached hydrogen (secondary N) is 2. The number of hydrogen-bond donors (Lipinski definition) is 2. The average molecular weight is 386 g/mol. The Morgan fingerprint density at radius 1 is 1.04 bits per heavy atom. The highest BCUT2D eigenvalue weighted by Gasteiger charge is 2.13.